The minimum Gasteiger partial charge on any atom is -0.489 e. The number of nitrogens with zero attached hydrogens (tertiary/aromatic N) is 2. The molecule has 1 aromatic heterocycles. The standard InChI is InChI=1S/C12H14N2O2/c13-7-10-4-5-11(8-14-10)16-9-12-3-1-2-6-15-12/h4-5,8,12H,1-3,6,9H2. The van der Waals surface area contributed by atoms with Crippen molar-refractivity contribution in [2.24, 2.45) is 0 Å². The van der Waals surface area contributed by atoms with E-state index in [9.17, 15) is 0 Å². The van der Waals surface area contributed by atoms with Gasteiger partial charge in [-0.3, -0.25) is 0 Å². The van der Waals surface area contributed by atoms with E-state index in [0.29, 0.717) is 18.1 Å². The van der Waals surface area contributed by atoms with Gasteiger partial charge in [-0.2, -0.15) is 5.26 Å². The van der Waals surface area contributed by atoms with Gasteiger partial charge >= 0.3 is 0 Å². The summed E-state index contributed by atoms with van der Waals surface area (Å²) in [6.07, 6.45) is 5.18. The Morgan fingerprint density at radius 3 is 3.06 bits per heavy atom. The Morgan fingerprint density at radius 1 is 1.50 bits per heavy atom. The van der Waals surface area contributed by atoms with Crippen LogP contribution in [-0.4, -0.2) is 24.3 Å². The van der Waals surface area contributed by atoms with Crippen molar-refractivity contribution in [3.05, 3.63) is 24.0 Å². The van der Waals surface area contributed by atoms with Crippen molar-refractivity contribution < 1.29 is 9.47 Å². The first kappa shape index (κ1) is 10.9. The molecule has 0 radical (unpaired) electrons. The zero-order valence-corrected chi connectivity index (χ0v) is 9.06. The smallest absolute Gasteiger partial charge is 0.140 e. The van der Waals surface area contributed by atoms with Crippen molar-refractivity contribution in [3.8, 4) is 11.8 Å². The molecule has 1 fully saturated rings. The summed E-state index contributed by atoms with van der Waals surface area (Å²) in [6.45, 7) is 1.40. The Morgan fingerprint density at radius 2 is 2.44 bits per heavy atom. The highest BCUT2D eigenvalue weighted by Crippen LogP contribution is 2.15. The van der Waals surface area contributed by atoms with Gasteiger partial charge in [0.05, 0.1) is 12.3 Å². The topological polar surface area (TPSA) is 55.1 Å². The van der Waals surface area contributed by atoms with Gasteiger partial charge in [-0.05, 0) is 31.4 Å². The average molecular weight is 218 g/mol. The van der Waals surface area contributed by atoms with E-state index in [2.05, 4.69) is 4.98 Å². The van der Waals surface area contributed by atoms with Crippen molar-refractivity contribution in [2.45, 2.75) is 25.4 Å². The predicted octanol–water partition coefficient (Wildman–Crippen LogP) is 1.90. The SMILES string of the molecule is N#Cc1ccc(OCC2CCCCO2)cn1. The molecule has 1 aliphatic heterocycles. The van der Waals surface area contributed by atoms with Crippen LogP contribution in [0.15, 0.2) is 18.3 Å². The van der Waals surface area contributed by atoms with Gasteiger partial charge in [0.15, 0.2) is 0 Å². The molecule has 0 amide bonds. The molecule has 1 unspecified atom stereocenters. The lowest BCUT2D eigenvalue weighted by Crippen LogP contribution is -2.25. The van der Waals surface area contributed by atoms with Crippen molar-refractivity contribution in [1.82, 2.24) is 4.98 Å². The largest absolute Gasteiger partial charge is 0.489 e. The molecule has 16 heavy (non-hydrogen) atoms. The number of aromatic nitrogens is 1. The maximum atomic E-state index is 8.59. The number of rotatable bonds is 3. The lowest BCUT2D eigenvalue weighted by Gasteiger charge is -2.22. The first-order valence-electron chi connectivity index (χ1n) is 5.49. The molecule has 0 aliphatic carbocycles. The van der Waals surface area contributed by atoms with E-state index in [1.807, 2.05) is 6.07 Å². The summed E-state index contributed by atoms with van der Waals surface area (Å²) < 4.78 is 11.1. The first-order valence-corrected chi connectivity index (χ1v) is 5.49. The molecule has 4 nitrogen and oxygen atoms in total. The molecule has 2 heterocycles. The lowest BCUT2D eigenvalue weighted by molar-refractivity contribution is -0.0111. The number of hydrogen-bond acceptors (Lipinski definition) is 4. The van der Waals surface area contributed by atoms with Gasteiger partial charge < -0.3 is 9.47 Å². The van der Waals surface area contributed by atoms with Gasteiger partial charge in [-0.15, -0.1) is 0 Å². The molecule has 0 spiro atoms. The third kappa shape index (κ3) is 2.94. The normalized spacial score (nSPS) is 20.1. The average Bonchev–Trinajstić information content (AvgIpc) is 2.38. The van der Waals surface area contributed by atoms with E-state index in [4.69, 9.17) is 14.7 Å². The Balaban J connectivity index is 1.82. The molecule has 84 valence electrons. The molecule has 1 aliphatic rings. The Labute approximate surface area is 94.8 Å². The van der Waals surface area contributed by atoms with Gasteiger partial charge in [0.25, 0.3) is 0 Å². The minimum atomic E-state index is 0.199. The van der Waals surface area contributed by atoms with Gasteiger partial charge in [0.2, 0.25) is 0 Å². The fourth-order valence-corrected chi connectivity index (χ4v) is 1.66. The quantitative estimate of drug-likeness (QED) is 0.777. The summed E-state index contributed by atoms with van der Waals surface area (Å²) >= 11 is 0. The van der Waals surface area contributed by atoms with Crippen molar-refractivity contribution >= 4 is 0 Å². The van der Waals surface area contributed by atoms with E-state index in [1.54, 1.807) is 18.3 Å². The maximum absolute atomic E-state index is 8.59. The molecule has 0 bridgehead atoms. The highest BCUT2D eigenvalue weighted by Gasteiger charge is 2.14. The summed E-state index contributed by atoms with van der Waals surface area (Å²) in [5, 5.41) is 8.59. The van der Waals surface area contributed by atoms with Crippen molar-refractivity contribution in [2.75, 3.05) is 13.2 Å². The lowest BCUT2D eigenvalue weighted by atomic mass is 10.1. The van der Waals surface area contributed by atoms with Crippen molar-refractivity contribution in [3.63, 3.8) is 0 Å². The summed E-state index contributed by atoms with van der Waals surface area (Å²) in [6, 6.07) is 5.38. The molecule has 1 atom stereocenters. The molecular weight excluding hydrogens is 204 g/mol. The van der Waals surface area contributed by atoms with E-state index < -0.39 is 0 Å². The molecule has 4 heteroatoms. The van der Waals surface area contributed by atoms with E-state index in [0.717, 1.165) is 19.4 Å². The number of hydrogen-bond donors (Lipinski definition) is 0. The molecular formula is C12H14N2O2. The summed E-state index contributed by atoms with van der Waals surface area (Å²) in [4.78, 5) is 3.93. The second kappa shape index (κ2) is 5.47. The Bertz CT molecular complexity index is 364. The molecule has 2 rings (SSSR count). The second-order valence-electron chi connectivity index (χ2n) is 3.79. The van der Waals surface area contributed by atoms with Crippen LogP contribution in [0.4, 0.5) is 0 Å². The first-order chi connectivity index (χ1) is 7.88. The highest BCUT2D eigenvalue weighted by molar-refractivity contribution is 5.26. The maximum Gasteiger partial charge on any atom is 0.140 e. The zero-order chi connectivity index (χ0) is 11.2. The fourth-order valence-electron chi connectivity index (χ4n) is 1.66. The zero-order valence-electron chi connectivity index (χ0n) is 9.06. The van der Waals surface area contributed by atoms with E-state index in [-0.39, 0.29) is 6.10 Å². The van der Waals surface area contributed by atoms with Crippen LogP contribution in [0.1, 0.15) is 25.0 Å². The van der Waals surface area contributed by atoms with Crippen molar-refractivity contribution in [1.29, 1.82) is 5.26 Å². The Hall–Kier alpha value is -1.60. The minimum absolute atomic E-state index is 0.199. The van der Waals surface area contributed by atoms with Gasteiger partial charge in [0.1, 0.15) is 24.1 Å². The summed E-state index contributed by atoms with van der Waals surface area (Å²) in [5.41, 5.74) is 0.404. The second-order valence-corrected chi connectivity index (χ2v) is 3.79. The Kier molecular flexibility index (Phi) is 3.73. The number of nitriles is 1. The van der Waals surface area contributed by atoms with Crippen LogP contribution in [0.25, 0.3) is 0 Å². The molecule has 0 aromatic carbocycles. The van der Waals surface area contributed by atoms with Crippen LogP contribution in [0.2, 0.25) is 0 Å². The third-order valence-corrected chi connectivity index (χ3v) is 2.56. The van der Waals surface area contributed by atoms with Crippen LogP contribution in [0.3, 0.4) is 0 Å². The van der Waals surface area contributed by atoms with Gasteiger partial charge in [-0.1, -0.05) is 0 Å². The van der Waals surface area contributed by atoms with Crippen LogP contribution < -0.4 is 4.74 Å². The molecule has 1 aromatic rings. The van der Waals surface area contributed by atoms with Gasteiger partial charge in [-0.25, -0.2) is 4.98 Å². The van der Waals surface area contributed by atoms with Crippen LogP contribution in [0.5, 0.6) is 5.75 Å². The van der Waals surface area contributed by atoms with Crippen LogP contribution in [0, 0.1) is 11.3 Å². The number of pyridine rings is 1. The van der Waals surface area contributed by atoms with Crippen LogP contribution >= 0.6 is 0 Å². The molecule has 1 saturated heterocycles. The summed E-state index contributed by atoms with van der Waals surface area (Å²) in [5.74, 6) is 0.688. The molecule has 0 saturated carbocycles. The highest BCUT2D eigenvalue weighted by atomic mass is 16.5. The molecule has 0 N–H and O–H groups in total. The fraction of sp³-hybridized carbons (Fsp3) is 0.500. The van der Waals surface area contributed by atoms with Crippen LogP contribution in [-0.2, 0) is 4.74 Å². The van der Waals surface area contributed by atoms with Gasteiger partial charge in [0, 0.05) is 6.61 Å². The number of ether oxygens (including phenoxy) is 2. The van der Waals surface area contributed by atoms with E-state index >= 15 is 0 Å². The predicted molar refractivity (Wildman–Crippen MR) is 58.0 cm³/mol. The monoisotopic (exact) mass is 218 g/mol. The van der Waals surface area contributed by atoms with E-state index in [1.165, 1.54) is 6.42 Å². The third-order valence-electron chi connectivity index (χ3n) is 2.56. The summed E-state index contributed by atoms with van der Waals surface area (Å²) in [7, 11) is 0.